The number of H-pyrrole nitrogens is 1. The van der Waals surface area contributed by atoms with Crippen LogP contribution in [0.3, 0.4) is 0 Å². The Morgan fingerprint density at radius 3 is 2.33 bits per heavy atom. The number of hydrogen-bond acceptors (Lipinski definition) is 4. The number of aromatic nitrogens is 1. The molecule has 5 heteroatoms. The fourth-order valence-electron chi connectivity index (χ4n) is 2.91. The fourth-order valence-corrected chi connectivity index (χ4v) is 2.91. The van der Waals surface area contributed by atoms with Crippen LogP contribution < -0.4 is 5.32 Å². The summed E-state index contributed by atoms with van der Waals surface area (Å²) in [6.07, 6.45) is 0. The summed E-state index contributed by atoms with van der Waals surface area (Å²) >= 11 is 0. The van der Waals surface area contributed by atoms with Gasteiger partial charge in [-0.3, -0.25) is 4.79 Å². The number of aryl methyl sites for hydroxylation is 1. The van der Waals surface area contributed by atoms with Crippen molar-refractivity contribution >= 4 is 11.8 Å². The Morgan fingerprint density at radius 2 is 1.75 bits per heavy atom. The second kappa shape index (κ2) is 7.45. The van der Waals surface area contributed by atoms with Crippen LogP contribution in [0.25, 0.3) is 0 Å². The lowest BCUT2D eigenvalue weighted by Crippen LogP contribution is -2.36. The highest BCUT2D eigenvalue weighted by Gasteiger charge is 2.26. The first-order valence-electron chi connectivity index (χ1n) is 7.99. The Labute approximate surface area is 142 Å². The monoisotopic (exact) mass is 328 g/mol. The van der Waals surface area contributed by atoms with E-state index >= 15 is 0 Å². The minimum atomic E-state index is -0.432. The molecule has 0 bridgehead atoms. The molecule has 0 aliphatic rings. The number of hydrogen-bond donors (Lipinski definition) is 2. The van der Waals surface area contributed by atoms with E-state index in [4.69, 9.17) is 4.74 Å². The predicted molar refractivity (Wildman–Crippen MR) is 93.4 cm³/mol. The van der Waals surface area contributed by atoms with Crippen LogP contribution in [-0.2, 0) is 4.74 Å². The quantitative estimate of drug-likeness (QED) is 0.630. The Hall–Kier alpha value is -2.40. The van der Waals surface area contributed by atoms with Gasteiger partial charge in [0.15, 0.2) is 5.78 Å². The lowest BCUT2D eigenvalue weighted by molar-refractivity contribution is 0.0599. The fraction of sp³-hybridized carbons (Fsp3) is 0.368. The maximum atomic E-state index is 12.8. The predicted octanol–water partition coefficient (Wildman–Crippen LogP) is 3.34. The van der Waals surface area contributed by atoms with Crippen LogP contribution in [0.1, 0.15) is 57.6 Å². The molecule has 24 heavy (non-hydrogen) atoms. The maximum absolute atomic E-state index is 12.8. The highest BCUT2D eigenvalue weighted by molar-refractivity contribution is 6.03. The normalized spacial score (nSPS) is 13.4. The second-order valence-electron chi connectivity index (χ2n) is 6.00. The molecule has 2 aromatic rings. The smallest absolute Gasteiger partial charge is 0.339 e. The molecule has 1 heterocycles. The molecule has 2 rings (SSSR count). The van der Waals surface area contributed by atoms with Crippen LogP contribution in [-0.4, -0.2) is 29.9 Å². The Morgan fingerprint density at radius 1 is 1.12 bits per heavy atom. The summed E-state index contributed by atoms with van der Waals surface area (Å²) in [5, 5.41) is 3.31. The number of nitrogens with one attached hydrogen (secondary N) is 2. The van der Waals surface area contributed by atoms with Gasteiger partial charge in [-0.2, -0.15) is 0 Å². The van der Waals surface area contributed by atoms with E-state index in [0.29, 0.717) is 22.5 Å². The first-order valence-corrected chi connectivity index (χ1v) is 7.99. The number of carbonyl (C=O) groups excluding carboxylic acids is 2. The molecule has 0 fully saturated rings. The van der Waals surface area contributed by atoms with Crippen molar-refractivity contribution in [3.05, 3.63) is 58.4 Å². The van der Waals surface area contributed by atoms with Gasteiger partial charge < -0.3 is 15.0 Å². The van der Waals surface area contributed by atoms with E-state index in [0.717, 1.165) is 5.56 Å². The summed E-state index contributed by atoms with van der Waals surface area (Å²) in [6, 6.07) is 9.61. The molecular formula is C19H24N2O3. The van der Waals surface area contributed by atoms with Crippen LogP contribution in [0.4, 0.5) is 0 Å². The summed E-state index contributed by atoms with van der Waals surface area (Å²) in [7, 11) is 1.33. The molecule has 0 saturated carbocycles. The molecule has 0 saturated heterocycles. The third-order valence-corrected chi connectivity index (χ3v) is 4.27. The average Bonchev–Trinajstić information content (AvgIpc) is 2.88. The maximum Gasteiger partial charge on any atom is 0.339 e. The highest BCUT2D eigenvalue weighted by atomic mass is 16.5. The van der Waals surface area contributed by atoms with Gasteiger partial charge in [0.25, 0.3) is 0 Å². The standard InChI is InChI=1S/C19H24N2O3/c1-11-16(19(23)24-5)13(3)21-17(11)18(22)14(4)20-12(2)15-9-7-6-8-10-15/h6-10,12,14,20-21H,1-5H3/t12-,14+/m1/s1. The molecule has 1 aromatic heterocycles. The molecule has 5 nitrogen and oxygen atoms in total. The van der Waals surface area contributed by atoms with Crippen molar-refractivity contribution in [2.45, 2.75) is 39.8 Å². The molecule has 2 N–H and O–H groups in total. The Bertz CT molecular complexity index is 735. The van der Waals surface area contributed by atoms with Gasteiger partial charge in [0.2, 0.25) is 0 Å². The number of ether oxygens (including phenoxy) is 1. The first-order chi connectivity index (χ1) is 11.4. The molecule has 1 aromatic carbocycles. The number of methoxy groups -OCH3 is 1. The topological polar surface area (TPSA) is 71.2 Å². The van der Waals surface area contributed by atoms with Crippen molar-refractivity contribution in [2.75, 3.05) is 7.11 Å². The summed E-state index contributed by atoms with van der Waals surface area (Å²) in [6.45, 7) is 7.37. The van der Waals surface area contributed by atoms with Crippen molar-refractivity contribution in [3.63, 3.8) is 0 Å². The van der Waals surface area contributed by atoms with E-state index in [1.54, 1.807) is 13.8 Å². The van der Waals surface area contributed by atoms with Crippen LogP contribution in [0.2, 0.25) is 0 Å². The third-order valence-electron chi connectivity index (χ3n) is 4.27. The highest BCUT2D eigenvalue weighted by Crippen LogP contribution is 2.21. The lowest BCUT2D eigenvalue weighted by Gasteiger charge is -2.19. The minimum Gasteiger partial charge on any atom is -0.465 e. The van der Waals surface area contributed by atoms with Crippen LogP contribution in [0.5, 0.6) is 0 Å². The Balaban J connectivity index is 2.18. The molecule has 0 aliphatic carbocycles. The summed E-state index contributed by atoms with van der Waals surface area (Å²) in [5.41, 5.74) is 3.28. The van der Waals surface area contributed by atoms with Crippen molar-refractivity contribution in [1.29, 1.82) is 0 Å². The number of rotatable bonds is 6. The minimum absolute atomic E-state index is 0.0431. The molecule has 0 radical (unpaired) electrons. The zero-order valence-electron chi connectivity index (χ0n) is 14.8. The Kier molecular flexibility index (Phi) is 5.57. The van der Waals surface area contributed by atoms with Crippen LogP contribution >= 0.6 is 0 Å². The van der Waals surface area contributed by atoms with Crippen molar-refractivity contribution in [1.82, 2.24) is 10.3 Å². The van der Waals surface area contributed by atoms with E-state index in [1.165, 1.54) is 7.11 Å². The van der Waals surface area contributed by atoms with Gasteiger partial charge in [-0.1, -0.05) is 30.3 Å². The van der Waals surface area contributed by atoms with Crippen molar-refractivity contribution in [2.24, 2.45) is 0 Å². The largest absolute Gasteiger partial charge is 0.465 e. The molecule has 128 valence electrons. The second-order valence-corrected chi connectivity index (χ2v) is 6.00. The number of Topliss-reactive ketones (excluding diaryl/α,β-unsaturated/α-hetero) is 1. The zero-order chi connectivity index (χ0) is 17.9. The number of aromatic amines is 1. The molecule has 0 unspecified atom stereocenters. The average molecular weight is 328 g/mol. The summed E-state index contributed by atoms with van der Waals surface area (Å²) < 4.78 is 4.79. The van der Waals surface area contributed by atoms with E-state index in [1.807, 2.05) is 44.2 Å². The summed E-state index contributed by atoms with van der Waals surface area (Å²) in [4.78, 5) is 27.6. The molecule has 2 atom stereocenters. The third kappa shape index (κ3) is 3.57. The zero-order valence-corrected chi connectivity index (χ0v) is 14.8. The van der Waals surface area contributed by atoms with E-state index in [9.17, 15) is 9.59 Å². The SMILES string of the molecule is COC(=O)c1c(C)[nH]c(C(=O)[C@H](C)N[C@H](C)c2ccccc2)c1C. The number of esters is 1. The first kappa shape index (κ1) is 17.9. The lowest BCUT2D eigenvalue weighted by atomic mass is 10.0. The number of carbonyl (C=O) groups is 2. The summed E-state index contributed by atoms with van der Waals surface area (Å²) in [5.74, 6) is -0.507. The van der Waals surface area contributed by atoms with Crippen LogP contribution in [0, 0.1) is 13.8 Å². The van der Waals surface area contributed by atoms with E-state index in [2.05, 4.69) is 10.3 Å². The van der Waals surface area contributed by atoms with E-state index in [-0.39, 0.29) is 17.9 Å². The van der Waals surface area contributed by atoms with Gasteiger partial charge in [0, 0.05) is 11.7 Å². The molecule has 0 amide bonds. The molecule has 0 aliphatic heterocycles. The van der Waals surface area contributed by atoms with Crippen LogP contribution in [0.15, 0.2) is 30.3 Å². The number of benzene rings is 1. The van der Waals surface area contributed by atoms with Gasteiger partial charge in [0.1, 0.15) is 0 Å². The van der Waals surface area contributed by atoms with Crippen molar-refractivity contribution in [3.8, 4) is 0 Å². The van der Waals surface area contributed by atoms with Crippen molar-refractivity contribution < 1.29 is 14.3 Å². The van der Waals surface area contributed by atoms with Gasteiger partial charge in [-0.25, -0.2) is 4.79 Å². The van der Waals surface area contributed by atoms with Gasteiger partial charge in [0.05, 0.1) is 24.4 Å². The van der Waals surface area contributed by atoms with E-state index < -0.39 is 5.97 Å². The molecular weight excluding hydrogens is 304 g/mol. The van der Waals surface area contributed by atoms with Gasteiger partial charge in [-0.05, 0) is 38.8 Å². The molecule has 0 spiro atoms. The van der Waals surface area contributed by atoms with Gasteiger partial charge in [-0.15, -0.1) is 0 Å². The number of ketones is 1. The van der Waals surface area contributed by atoms with Gasteiger partial charge >= 0.3 is 5.97 Å².